The molecule has 18 heavy (non-hydrogen) atoms. The molecule has 1 atom stereocenters. The molecule has 1 aromatic heterocycles. The summed E-state index contributed by atoms with van der Waals surface area (Å²) in [6, 6.07) is 0.521. The molecular formula is C15H26N2S. The normalized spacial score (nSPS) is 22.2. The van der Waals surface area contributed by atoms with E-state index in [1.165, 1.54) is 22.0 Å². The molecule has 1 unspecified atom stereocenters. The molecular weight excluding hydrogens is 240 g/mol. The van der Waals surface area contributed by atoms with Crippen LogP contribution in [-0.4, -0.2) is 11.5 Å². The van der Waals surface area contributed by atoms with E-state index in [-0.39, 0.29) is 0 Å². The smallest absolute Gasteiger partial charge is 0.0934 e. The largest absolute Gasteiger partial charge is 0.309 e. The van der Waals surface area contributed by atoms with Crippen LogP contribution in [0.2, 0.25) is 0 Å². The van der Waals surface area contributed by atoms with Crippen LogP contribution in [0.25, 0.3) is 0 Å². The second kappa shape index (κ2) is 5.30. The van der Waals surface area contributed by atoms with Gasteiger partial charge < -0.3 is 5.32 Å². The summed E-state index contributed by atoms with van der Waals surface area (Å²) in [5.41, 5.74) is 1.74. The van der Waals surface area contributed by atoms with Crippen molar-refractivity contribution in [3.8, 4) is 0 Å². The Morgan fingerprint density at radius 1 is 1.44 bits per heavy atom. The summed E-state index contributed by atoms with van der Waals surface area (Å²) in [7, 11) is 0. The average Bonchev–Trinajstić information content (AvgIpc) is 2.57. The number of nitrogens with one attached hydrogen (secondary N) is 1. The van der Waals surface area contributed by atoms with Crippen molar-refractivity contribution in [3.63, 3.8) is 0 Å². The minimum atomic E-state index is 0.378. The van der Waals surface area contributed by atoms with Crippen molar-refractivity contribution in [3.05, 3.63) is 15.6 Å². The predicted octanol–water partition coefficient (Wildman–Crippen LogP) is 3.96. The Labute approximate surface area is 115 Å². The van der Waals surface area contributed by atoms with Gasteiger partial charge in [-0.3, -0.25) is 0 Å². The predicted molar refractivity (Wildman–Crippen MR) is 79.2 cm³/mol. The molecule has 0 fully saturated rings. The van der Waals surface area contributed by atoms with Crippen molar-refractivity contribution in [2.45, 2.75) is 59.9 Å². The van der Waals surface area contributed by atoms with E-state index >= 15 is 0 Å². The van der Waals surface area contributed by atoms with Gasteiger partial charge in [0.05, 0.1) is 10.7 Å². The van der Waals surface area contributed by atoms with Crippen LogP contribution >= 0.6 is 11.3 Å². The number of aromatic nitrogens is 1. The lowest BCUT2D eigenvalue weighted by Crippen LogP contribution is -2.32. The maximum atomic E-state index is 4.90. The third-order valence-electron chi connectivity index (χ3n) is 3.52. The highest BCUT2D eigenvalue weighted by Crippen LogP contribution is 2.43. The van der Waals surface area contributed by atoms with Crippen LogP contribution in [0.4, 0.5) is 0 Å². The Hall–Kier alpha value is -0.410. The van der Waals surface area contributed by atoms with E-state index in [0.717, 1.165) is 19.4 Å². The SMILES string of the molecule is CCNC1CC(C)(C)Cc2nc(CC(C)C)sc21. The number of fused-ring (bicyclic) bond motifs is 1. The first kappa shape index (κ1) is 14.0. The molecule has 1 aromatic rings. The summed E-state index contributed by atoms with van der Waals surface area (Å²) < 4.78 is 0. The molecule has 2 nitrogen and oxygen atoms in total. The van der Waals surface area contributed by atoms with E-state index < -0.39 is 0 Å². The number of hydrogen-bond donors (Lipinski definition) is 1. The molecule has 0 amide bonds. The van der Waals surface area contributed by atoms with E-state index in [1.807, 2.05) is 11.3 Å². The highest BCUT2D eigenvalue weighted by Gasteiger charge is 2.34. The number of hydrogen-bond acceptors (Lipinski definition) is 3. The first-order valence-corrected chi connectivity index (χ1v) is 7.95. The van der Waals surface area contributed by atoms with Crippen molar-refractivity contribution in [1.29, 1.82) is 0 Å². The minimum absolute atomic E-state index is 0.378. The van der Waals surface area contributed by atoms with Crippen molar-refractivity contribution in [2.75, 3.05) is 6.54 Å². The number of rotatable bonds is 4. The van der Waals surface area contributed by atoms with Crippen molar-refractivity contribution < 1.29 is 0 Å². The summed E-state index contributed by atoms with van der Waals surface area (Å²) in [5, 5.41) is 4.96. The van der Waals surface area contributed by atoms with Crippen LogP contribution < -0.4 is 5.32 Å². The third-order valence-corrected chi connectivity index (χ3v) is 4.76. The Morgan fingerprint density at radius 2 is 2.17 bits per heavy atom. The third kappa shape index (κ3) is 3.12. The number of thiazole rings is 1. The van der Waals surface area contributed by atoms with Gasteiger partial charge in [-0.1, -0.05) is 34.6 Å². The van der Waals surface area contributed by atoms with Gasteiger partial charge in [0.1, 0.15) is 0 Å². The fraction of sp³-hybridized carbons (Fsp3) is 0.800. The zero-order valence-electron chi connectivity index (χ0n) is 12.3. The van der Waals surface area contributed by atoms with Crippen LogP contribution in [0.15, 0.2) is 0 Å². The standard InChI is InChI=1S/C15H26N2S/c1-6-16-11-8-15(4,5)9-12-14(11)18-13(17-12)7-10(2)3/h10-11,16H,6-9H2,1-5H3. The van der Waals surface area contributed by atoms with Crippen molar-refractivity contribution >= 4 is 11.3 Å². The van der Waals surface area contributed by atoms with Gasteiger partial charge in [0.2, 0.25) is 0 Å². The molecule has 1 aliphatic carbocycles. The highest BCUT2D eigenvalue weighted by atomic mass is 32.1. The molecule has 102 valence electrons. The summed E-state index contributed by atoms with van der Waals surface area (Å²) in [5.74, 6) is 0.697. The molecule has 0 radical (unpaired) electrons. The molecule has 1 N–H and O–H groups in total. The summed E-state index contributed by atoms with van der Waals surface area (Å²) in [4.78, 5) is 6.40. The molecule has 1 heterocycles. The average molecular weight is 266 g/mol. The van der Waals surface area contributed by atoms with E-state index in [0.29, 0.717) is 17.4 Å². The van der Waals surface area contributed by atoms with Gasteiger partial charge >= 0.3 is 0 Å². The summed E-state index contributed by atoms with van der Waals surface area (Å²) >= 11 is 1.94. The Balaban J connectivity index is 2.27. The van der Waals surface area contributed by atoms with E-state index in [9.17, 15) is 0 Å². The summed E-state index contributed by atoms with van der Waals surface area (Å²) in [6.07, 6.45) is 3.49. The van der Waals surface area contributed by atoms with E-state index in [4.69, 9.17) is 4.98 Å². The van der Waals surface area contributed by atoms with E-state index in [1.54, 1.807) is 0 Å². The monoisotopic (exact) mass is 266 g/mol. The summed E-state index contributed by atoms with van der Waals surface area (Å²) in [6.45, 7) is 12.5. The van der Waals surface area contributed by atoms with Gasteiger partial charge in [-0.05, 0) is 30.7 Å². The van der Waals surface area contributed by atoms with Crippen LogP contribution in [0.3, 0.4) is 0 Å². The van der Waals surface area contributed by atoms with E-state index in [2.05, 4.69) is 39.9 Å². The van der Waals surface area contributed by atoms with Gasteiger partial charge in [-0.25, -0.2) is 4.98 Å². The lowest BCUT2D eigenvalue weighted by Gasteiger charge is -2.34. The maximum Gasteiger partial charge on any atom is 0.0934 e. The lowest BCUT2D eigenvalue weighted by atomic mass is 9.76. The fourth-order valence-corrected chi connectivity index (χ4v) is 4.20. The first-order valence-electron chi connectivity index (χ1n) is 7.13. The van der Waals surface area contributed by atoms with Crippen LogP contribution in [0.5, 0.6) is 0 Å². The quantitative estimate of drug-likeness (QED) is 0.892. The highest BCUT2D eigenvalue weighted by molar-refractivity contribution is 7.11. The zero-order valence-corrected chi connectivity index (χ0v) is 13.2. The second-order valence-corrected chi connectivity index (χ2v) is 7.79. The molecule has 0 aliphatic heterocycles. The van der Waals surface area contributed by atoms with Crippen LogP contribution in [-0.2, 0) is 12.8 Å². The Bertz CT molecular complexity index is 407. The van der Waals surface area contributed by atoms with Gasteiger partial charge in [0, 0.05) is 17.3 Å². The second-order valence-electron chi connectivity index (χ2n) is 6.67. The first-order chi connectivity index (χ1) is 8.41. The van der Waals surface area contributed by atoms with Crippen LogP contribution in [0.1, 0.15) is 62.7 Å². The van der Waals surface area contributed by atoms with Gasteiger partial charge in [0.15, 0.2) is 0 Å². The zero-order chi connectivity index (χ0) is 13.3. The molecule has 0 saturated carbocycles. The molecule has 0 bridgehead atoms. The molecule has 0 saturated heterocycles. The topological polar surface area (TPSA) is 24.9 Å². The Morgan fingerprint density at radius 3 is 2.78 bits per heavy atom. The molecule has 2 rings (SSSR count). The molecule has 3 heteroatoms. The molecule has 1 aliphatic rings. The molecule has 0 aromatic carbocycles. The minimum Gasteiger partial charge on any atom is -0.309 e. The maximum absolute atomic E-state index is 4.90. The number of nitrogens with zero attached hydrogens (tertiary/aromatic N) is 1. The van der Waals surface area contributed by atoms with Gasteiger partial charge in [-0.2, -0.15) is 0 Å². The fourth-order valence-electron chi connectivity index (χ4n) is 2.83. The Kier molecular flexibility index (Phi) is 4.12. The van der Waals surface area contributed by atoms with Crippen molar-refractivity contribution in [2.24, 2.45) is 11.3 Å². The lowest BCUT2D eigenvalue weighted by molar-refractivity contribution is 0.260. The van der Waals surface area contributed by atoms with Crippen LogP contribution in [0, 0.1) is 11.3 Å². The van der Waals surface area contributed by atoms with Gasteiger partial charge in [0.25, 0.3) is 0 Å². The molecule has 0 spiro atoms. The van der Waals surface area contributed by atoms with Crippen molar-refractivity contribution in [1.82, 2.24) is 10.3 Å². The van der Waals surface area contributed by atoms with Gasteiger partial charge in [-0.15, -0.1) is 11.3 Å².